The predicted octanol–water partition coefficient (Wildman–Crippen LogP) is 4.16. The Bertz CT molecular complexity index is 846. The van der Waals surface area contributed by atoms with Crippen LogP contribution in [0, 0.1) is 0 Å². The topological polar surface area (TPSA) is 76.1 Å². The van der Waals surface area contributed by atoms with Crippen LogP contribution in [0.3, 0.4) is 0 Å². The molecule has 3 heterocycles. The predicted molar refractivity (Wildman–Crippen MR) is 113 cm³/mol. The second-order valence-corrected chi connectivity index (χ2v) is 8.99. The number of nitrogens with zero attached hydrogens (tertiary/aromatic N) is 2. The number of piperidine rings is 1. The average molecular weight is 401 g/mol. The second kappa shape index (κ2) is 8.73. The molecule has 150 valence electrons. The third-order valence-electron chi connectivity index (χ3n) is 4.70. The number of aryl methyl sites for hydroxylation is 1. The van der Waals surface area contributed by atoms with Crippen molar-refractivity contribution in [2.24, 2.45) is 0 Å². The molecule has 2 N–H and O–H groups in total. The Morgan fingerprint density at radius 1 is 1.43 bits per heavy atom. The van der Waals surface area contributed by atoms with Gasteiger partial charge in [0.05, 0.1) is 17.7 Å². The van der Waals surface area contributed by atoms with Gasteiger partial charge in [-0.05, 0) is 51.3 Å². The summed E-state index contributed by atoms with van der Waals surface area (Å²) in [6.45, 7) is 8.45. The van der Waals surface area contributed by atoms with Crippen LogP contribution in [0.25, 0.3) is 10.6 Å². The highest BCUT2D eigenvalue weighted by molar-refractivity contribution is 7.15. The molecule has 1 fully saturated rings. The minimum atomic E-state index is -0.160. The Hall–Kier alpha value is -2.41. The van der Waals surface area contributed by atoms with Crippen molar-refractivity contribution >= 4 is 23.3 Å². The van der Waals surface area contributed by atoms with E-state index in [1.165, 1.54) is 12.0 Å². The van der Waals surface area contributed by atoms with E-state index in [1.54, 1.807) is 17.5 Å². The van der Waals surface area contributed by atoms with Crippen LogP contribution >= 0.6 is 11.3 Å². The van der Waals surface area contributed by atoms with Crippen molar-refractivity contribution in [3.63, 3.8) is 0 Å². The van der Waals surface area contributed by atoms with Gasteiger partial charge in [0.15, 0.2) is 0 Å². The zero-order valence-electron chi connectivity index (χ0n) is 16.7. The number of aromatic nitrogens is 2. The smallest absolute Gasteiger partial charge is 0.305 e. The molecule has 1 aliphatic heterocycles. The van der Waals surface area contributed by atoms with Gasteiger partial charge < -0.3 is 15.4 Å². The maximum atomic E-state index is 11.2. The molecule has 28 heavy (non-hydrogen) atoms. The molecule has 3 rings (SSSR count). The lowest BCUT2D eigenvalue weighted by Crippen LogP contribution is -2.48. The van der Waals surface area contributed by atoms with Crippen LogP contribution in [-0.2, 0) is 16.0 Å². The van der Waals surface area contributed by atoms with E-state index >= 15 is 0 Å². The first-order chi connectivity index (χ1) is 13.3. The molecule has 1 saturated heterocycles. The summed E-state index contributed by atoms with van der Waals surface area (Å²) in [5, 5.41) is 6.90. The molecule has 7 heteroatoms. The first kappa shape index (κ1) is 20.3. The second-order valence-electron chi connectivity index (χ2n) is 7.82. The van der Waals surface area contributed by atoms with Gasteiger partial charge in [0.1, 0.15) is 0 Å². The molecule has 0 amide bonds. The summed E-state index contributed by atoms with van der Waals surface area (Å²) < 4.78 is 4.69. The fraction of sp³-hybridized carbons (Fsp3) is 0.476. The Labute approximate surface area is 170 Å². The van der Waals surface area contributed by atoms with Gasteiger partial charge in [0.25, 0.3) is 0 Å². The summed E-state index contributed by atoms with van der Waals surface area (Å²) in [5.74, 6) is 0.487. The van der Waals surface area contributed by atoms with Gasteiger partial charge in [0, 0.05) is 41.2 Å². The van der Waals surface area contributed by atoms with Crippen LogP contribution in [0.1, 0.15) is 44.4 Å². The van der Waals surface area contributed by atoms with E-state index < -0.39 is 0 Å². The van der Waals surface area contributed by atoms with E-state index in [1.807, 2.05) is 6.07 Å². The highest BCUT2D eigenvalue weighted by Gasteiger charge is 2.29. The molecular formula is C21H28N4O2S. The molecule has 0 spiro atoms. The minimum Gasteiger partial charge on any atom is -0.469 e. The lowest BCUT2D eigenvalue weighted by molar-refractivity contribution is -0.140. The van der Waals surface area contributed by atoms with Gasteiger partial charge in [0.2, 0.25) is 5.95 Å². The number of hydrogen-bond donors (Lipinski definition) is 2. The largest absolute Gasteiger partial charge is 0.469 e. The maximum absolute atomic E-state index is 11.2. The third kappa shape index (κ3) is 5.55. The van der Waals surface area contributed by atoms with Crippen molar-refractivity contribution in [2.45, 2.75) is 57.5 Å². The molecule has 6 nitrogen and oxygen atoms in total. The Morgan fingerprint density at radius 2 is 2.25 bits per heavy atom. The van der Waals surface area contributed by atoms with Gasteiger partial charge in [-0.25, -0.2) is 9.97 Å². The number of carbonyl (C=O) groups excluding carboxylic acids is 1. The molecule has 0 radical (unpaired) electrons. The molecular weight excluding hydrogens is 372 g/mol. The van der Waals surface area contributed by atoms with E-state index in [0.717, 1.165) is 42.0 Å². The SMILES string of the molecule is C=C1CC(Nc2nccc(-c3ccc(CCCC(=O)OC)s3)n2)CC(C)(C)N1. The number of thiophene rings is 1. The van der Waals surface area contributed by atoms with Crippen LogP contribution in [0.5, 0.6) is 0 Å². The van der Waals surface area contributed by atoms with Crippen molar-refractivity contribution in [3.05, 3.63) is 41.5 Å². The Balaban J connectivity index is 1.63. The summed E-state index contributed by atoms with van der Waals surface area (Å²) in [5.41, 5.74) is 1.96. The van der Waals surface area contributed by atoms with Crippen LogP contribution in [-0.4, -0.2) is 34.6 Å². The summed E-state index contributed by atoms with van der Waals surface area (Å²) in [6.07, 6.45) is 5.73. The summed E-state index contributed by atoms with van der Waals surface area (Å²) in [7, 11) is 1.42. The first-order valence-corrected chi connectivity index (χ1v) is 10.4. The van der Waals surface area contributed by atoms with Gasteiger partial charge >= 0.3 is 5.97 Å². The standard InChI is InChI=1S/C21H28N4O2S/c1-14-12-15(13-21(2,3)25-14)23-20-22-11-10-17(24-20)18-9-8-16(28-18)6-5-7-19(26)27-4/h8-11,15,25H,1,5-7,12-13H2,2-4H3,(H,22,23,24). The zero-order chi connectivity index (χ0) is 20.1. The van der Waals surface area contributed by atoms with Crippen LogP contribution in [0.4, 0.5) is 5.95 Å². The van der Waals surface area contributed by atoms with E-state index in [0.29, 0.717) is 12.4 Å². The van der Waals surface area contributed by atoms with Gasteiger partial charge in [-0.2, -0.15) is 0 Å². The molecule has 0 aliphatic carbocycles. The number of ether oxygens (including phenoxy) is 1. The van der Waals surface area contributed by atoms with E-state index in [4.69, 9.17) is 4.98 Å². The zero-order valence-corrected chi connectivity index (χ0v) is 17.6. The molecule has 0 aromatic carbocycles. The molecule has 1 atom stereocenters. The van der Waals surface area contributed by atoms with Crippen LogP contribution in [0.15, 0.2) is 36.7 Å². The summed E-state index contributed by atoms with van der Waals surface area (Å²) in [6, 6.07) is 6.38. The lowest BCUT2D eigenvalue weighted by atomic mass is 9.88. The van der Waals surface area contributed by atoms with E-state index in [2.05, 4.69) is 52.9 Å². The highest BCUT2D eigenvalue weighted by Crippen LogP contribution is 2.29. The van der Waals surface area contributed by atoms with Crippen molar-refractivity contribution < 1.29 is 9.53 Å². The molecule has 0 saturated carbocycles. The number of hydrogen-bond acceptors (Lipinski definition) is 7. The lowest BCUT2D eigenvalue weighted by Gasteiger charge is -2.38. The van der Waals surface area contributed by atoms with Gasteiger partial charge in [-0.3, -0.25) is 4.79 Å². The summed E-state index contributed by atoms with van der Waals surface area (Å²) in [4.78, 5) is 22.7. The summed E-state index contributed by atoms with van der Waals surface area (Å²) >= 11 is 1.71. The number of anilines is 1. The number of nitrogens with one attached hydrogen (secondary N) is 2. The number of esters is 1. The number of carbonyl (C=O) groups is 1. The van der Waals surface area contributed by atoms with Crippen molar-refractivity contribution in [1.29, 1.82) is 0 Å². The van der Waals surface area contributed by atoms with Crippen LogP contribution in [0.2, 0.25) is 0 Å². The normalized spacial score (nSPS) is 18.4. The number of rotatable bonds is 7. The quantitative estimate of drug-likeness (QED) is 0.680. The monoisotopic (exact) mass is 400 g/mol. The highest BCUT2D eigenvalue weighted by atomic mass is 32.1. The molecule has 2 aromatic rings. The minimum absolute atomic E-state index is 0.0114. The fourth-order valence-corrected chi connectivity index (χ4v) is 4.59. The van der Waals surface area contributed by atoms with Crippen molar-refractivity contribution in [1.82, 2.24) is 15.3 Å². The molecule has 1 aliphatic rings. The van der Waals surface area contributed by atoms with Crippen molar-refractivity contribution in [2.75, 3.05) is 12.4 Å². The van der Waals surface area contributed by atoms with E-state index in [9.17, 15) is 4.79 Å². The molecule has 2 aromatic heterocycles. The van der Waals surface area contributed by atoms with Gasteiger partial charge in [-0.1, -0.05) is 6.58 Å². The first-order valence-electron chi connectivity index (χ1n) is 9.56. The molecule has 0 bridgehead atoms. The maximum Gasteiger partial charge on any atom is 0.305 e. The van der Waals surface area contributed by atoms with Crippen LogP contribution < -0.4 is 10.6 Å². The number of methoxy groups -OCH3 is 1. The van der Waals surface area contributed by atoms with Crippen molar-refractivity contribution in [3.8, 4) is 10.6 Å². The Kier molecular flexibility index (Phi) is 6.34. The van der Waals surface area contributed by atoms with Gasteiger partial charge in [-0.15, -0.1) is 11.3 Å². The van der Waals surface area contributed by atoms with E-state index in [-0.39, 0.29) is 17.6 Å². The Morgan fingerprint density at radius 3 is 3.00 bits per heavy atom. The average Bonchev–Trinajstić information content (AvgIpc) is 3.09. The molecule has 1 unspecified atom stereocenters. The third-order valence-corrected chi connectivity index (χ3v) is 5.87. The fourth-order valence-electron chi connectivity index (χ4n) is 3.58.